The van der Waals surface area contributed by atoms with Gasteiger partial charge in [0.25, 0.3) is 5.91 Å². The number of amides is 1. The maximum Gasteiger partial charge on any atom is 0.334 e. The van der Waals surface area contributed by atoms with Gasteiger partial charge in [0.05, 0.1) is 24.5 Å². The van der Waals surface area contributed by atoms with Gasteiger partial charge in [-0.15, -0.1) is 0 Å². The molecule has 0 aliphatic carbocycles. The SMILES string of the molecule is O=C(O)C1CN(C(=O)c2ccc3c(c2)N=S=N3)CCO1. The van der Waals surface area contributed by atoms with E-state index in [9.17, 15) is 9.59 Å². The average Bonchev–Trinajstić information content (AvgIpc) is 2.94. The first-order valence-electron chi connectivity index (χ1n) is 6.01. The minimum absolute atomic E-state index is 0.0571. The van der Waals surface area contributed by atoms with Gasteiger partial charge in [0.2, 0.25) is 0 Å². The third-order valence-corrected chi connectivity index (χ3v) is 3.69. The highest BCUT2D eigenvalue weighted by Crippen LogP contribution is 2.32. The van der Waals surface area contributed by atoms with Gasteiger partial charge in [-0.3, -0.25) is 4.79 Å². The summed E-state index contributed by atoms with van der Waals surface area (Å²) in [5, 5.41) is 8.94. The quantitative estimate of drug-likeness (QED) is 0.904. The molecule has 2 heterocycles. The number of morpholine rings is 1. The molecule has 1 N–H and O–H groups in total. The number of carboxylic acids is 1. The Balaban J connectivity index is 1.79. The Hall–Kier alpha value is -2.06. The summed E-state index contributed by atoms with van der Waals surface area (Å²) in [4.78, 5) is 24.8. The highest BCUT2D eigenvalue weighted by Gasteiger charge is 2.29. The van der Waals surface area contributed by atoms with Gasteiger partial charge in [-0.25, -0.2) is 4.79 Å². The molecule has 2 aliphatic rings. The third-order valence-electron chi connectivity index (χ3n) is 3.13. The number of carboxylic acid groups (broad SMARTS) is 1. The normalized spacial score (nSPS) is 20.4. The molecule has 1 amide bonds. The molecule has 0 radical (unpaired) electrons. The van der Waals surface area contributed by atoms with Crippen molar-refractivity contribution in [2.24, 2.45) is 8.73 Å². The lowest BCUT2D eigenvalue weighted by Gasteiger charge is -2.30. The van der Waals surface area contributed by atoms with Crippen molar-refractivity contribution in [1.82, 2.24) is 4.90 Å². The topological polar surface area (TPSA) is 91.6 Å². The van der Waals surface area contributed by atoms with Gasteiger partial charge in [-0.2, -0.15) is 8.73 Å². The van der Waals surface area contributed by atoms with Crippen LogP contribution in [0.25, 0.3) is 0 Å². The van der Waals surface area contributed by atoms with E-state index < -0.39 is 12.1 Å². The number of carbonyl (C=O) groups excluding carboxylic acids is 1. The van der Waals surface area contributed by atoms with Crippen molar-refractivity contribution in [1.29, 1.82) is 0 Å². The van der Waals surface area contributed by atoms with Crippen molar-refractivity contribution in [3.63, 3.8) is 0 Å². The van der Waals surface area contributed by atoms with E-state index in [4.69, 9.17) is 9.84 Å². The molecule has 1 atom stereocenters. The number of nitrogens with zero attached hydrogens (tertiary/aromatic N) is 3. The fourth-order valence-electron chi connectivity index (χ4n) is 2.08. The lowest BCUT2D eigenvalue weighted by atomic mass is 10.1. The van der Waals surface area contributed by atoms with E-state index in [2.05, 4.69) is 8.73 Å². The monoisotopic (exact) mass is 293 g/mol. The summed E-state index contributed by atoms with van der Waals surface area (Å²) < 4.78 is 13.3. The van der Waals surface area contributed by atoms with Crippen LogP contribution in [0.3, 0.4) is 0 Å². The van der Waals surface area contributed by atoms with E-state index in [-0.39, 0.29) is 19.1 Å². The molecule has 1 unspecified atom stereocenters. The van der Waals surface area contributed by atoms with Crippen molar-refractivity contribution in [2.45, 2.75) is 6.10 Å². The van der Waals surface area contributed by atoms with Gasteiger partial charge >= 0.3 is 5.97 Å². The van der Waals surface area contributed by atoms with Crippen LogP contribution in [0.1, 0.15) is 10.4 Å². The summed E-state index contributed by atoms with van der Waals surface area (Å²) in [6, 6.07) is 5.09. The molecule has 3 rings (SSSR count). The predicted molar refractivity (Wildman–Crippen MR) is 71.3 cm³/mol. The molecular weight excluding hydrogens is 282 g/mol. The van der Waals surface area contributed by atoms with Crippen LogP contribution in [-0.4, -0.2) is 47.7 Å². The molecule has 0 spiro atoms. The Morgan fingerprint density at radius 3 is 2.95 bits per heavy atom. The zero-order valence-corrected chi connectivity index (χ0v) is 11.2. The largest absolute Gasteiger partial charge is 0.479 e. The maximum absolute atomic E-state index is 12.4. The second kappa shape index (κ2) is 5.14. The summed E-state index contributed by atoms with van der Waals surface area (Å²) in [6.45, 7) is 0.667. The van der Waals surface area contributed by atoms with E-state index in [1.54, 1.807) is 18.2 Å². The molecule has 2 aliphatic heterocycles. The van der Waals surface area contributed by atoms with Gasteiger partial charge in [-0.05, 0) is 18.2 Å². The standard InChI is InChI=1S/C12H11N3O4S/c16-11(15-3-4-19-10(6-15)12(17)18)7-1-2-8-9(5-7)14-20-13-8/h1-2,5,10H,3-4,6H2,(H,17,18). The zero-order valence-electron chi connectivity index (χ0n) is 10.4. The Kier molecular flexibility index (Phi) is 3.33. The van der Waals surface area contributed by atoms with Crippen LogP contribution in [0.5, 0.6) is 0 Å². The minimum atomic E-state index is -1.05. The summed E-state index contributed by atoms with van der Waals surface area (Å²) >= 11 is 1.09. The Bertz CT molecular complexity index is 654. The number of benzene rings is 1. The summed E-state index contributed by atoms with van der Waals surface area (Å²) in [5.41, 5.74) is 1.90. The number of aliphatic carboxylic acids is 1. The fourth-order valence-corrected chi connectivity index (χ4v) is 2.60. The van der Waals surface area contributed by atoms with Crippen molar-refractivity contribution < 1.29 is 19.4 Å². The lowest BCUT2D eigenvalue weighted by molar-refractivity contribution is -0.154. The van der Waals surface area contributed by atoms with Crippen LogP contribution in [0.2, 0.25) is 0 Å². The van der Waals surface area contributed by atoms with E-state index in [1.807, 2.05) is 0 Å². The highest BCUT2D eigenvalue weighted by atomic mass is 32.1. The van der Waals surface area contributed by atoms with Crippen molar-refractivity contribution in [2.75, 3.05) is 19.7 Å². The number of rotatable bonds is 2. The molecule has 0 aromatic heterocycles. The Morgan fingerprint density at radius 1 is 1.35 bits per heavy atom. The van der Waals surface area contributed by atoms with E-state index >= 15 is 0 Å². The molecule has 104 valence electrons. The maximum atomic E-state index is 12.4. The second-order valence-corrected chi connectivity index (χ2v) is 4.95. The van der Waals surface area contributed by atoms with Gasteiger partial charge in [0.1, 0.15) is 11.4 Å². The van der Waals surface area contributed by atoms with Crippen molar-refractivity contribution >= 4 is 34.6 Å². The smallest absolute Gasteiger partial charge is 0.334 e. The first-order chi connectivity index (χ1) is 9.65. The number of ether oxygens (including phenoxy) is 1. The highest BCUT2D eigenvalue weighted by molar-refractivity contribution is 7.58. The minimum Gasteiger partial charge on any atom is -0.479 e. The summed E-state index contributed by atoms with van der Waals surface area (Å²) in [6.07, 6.45) is -0.961. The first kappa shape index (κ1) is 12.9. The number of fused-ring (bicyclic) bond motifs is 1. The molecule has 8 heteroatoms. The zero-order chi connectivity index (χ0) is 14.1. The van der Waals surface area contributed by atoms with Crippen LogP contribution in [0.15, 0.2) is 26.9 Å². The van der Waals surface area contributed by atoms with E-state index in [0.717, 1.165) is 17.0 Å². The van der Waals surface area contributed by atoms with Gasteiger partial charge in [0.15, 0.2) is 6.10 Å². The van der Waals surface area contributed by atoms with Crippen molar-refractivity contribution in [3.8, 4) is 0 Å². The fraction of sp³-hybridized carbons (Fsp3) is 0.333. The lowest BCUT2D eigenvalue weighted by Crippen LogP contribution is -2.48. The predicted octanol–water partition coefficient (Wildman–Crippen LogP) is 1.34. The third kappa shape index (κ3) is 2.35. The Labute approximate surface area is 118 Å². The molecule has 1 aromatic carbocycles. The average molecular weight is 293 g/mol. The second-order valence-electron chi connectivity index (χ2n) is 4.42. The molecule has 0 bridgehead atoms. The molecule has 0 saturated carbocycles. The number of carbonyl (C=O) groups is 2. The van der Waals surface area contributed by atoms with Crippen LogP contribution in [0, 0.1) is 0 Å². The van der Waals surface area contributed by atoms with Crippen molar-refractivity contribution in [3.05, 3.63) is 23.8 Å². The first-order valence-corrected chi connectivity index (χ1v) is 6.74. The van der Waals surface area contributed by atoms with Crippen LogP contribution in [-0.2, 0) is 20.9 Å². The van der Waals surface area contributed by atoms with Gasteiger partial charge in [0, 0.05) is 12.1 Å². The number of hydrogen-bond acceptors (Lipinski definition) is 5. The van der Waals surface area contributed by atoms with Crippen LogP contribution in [0.4, 0.5) is 11.4 Å². The molecule has 1 aromatic rings. The molecule has 7 nitrogen and oxygen atoms in total. The van der Waals surface area contributed by atoms with Gasteiger partial charge < -0.3 is 14.7 Å². The molecular formula is C12H11N3O4S. The van der Waals surface area contributed by atoms with Crippen LogP contribution < -0.4 is 0 Å². The summed E-state index contributed by atoms with van der Waals surface area (Å²) in [7, 11) is 0. The number of hydrogen-bond donors (Lipinski definition) is 1. The van der Waals surface area contributed by atoms with Crippen LogP contribution >= 0.6 is 0 Å². The summed E-state index contributed by atoms with van der Waals surface area (Å²) in [5.74, 6) is -1.27. The molecule has 1 fully saturated rings. The molecule has 1 saturated heterocycles. The van der Waals surface area contributed by atoms with E-state index in [1.165, 1.54) is 4.90 Å². The Morgan fingerprint density at radius 2 is 2.15 bits per heavy atom. The van der Waals surface area contributed by atoms with Gasteiger partial charge in [-0.1, -0.05) is 0 Å². The molecule has 20 heavy (non-hydrogen) atoms. The van der Waals surface area contributed by atoms with E-state index in [0.29, 0.717) is 17.8 Å².